The summed E-state index contributed by atoms with van der Waals surface area (Å²) in [4.78, 5) is 5.77. The van der Waals surface area contributed by atoms with Gasteiger partial charge >= 0.3 is 0 Å². The first-order chi connectivity index (χ1) is 10.7. The zero-order valence-corrected chi connectivity index (χ0v) is 13.9. The van der Waals surface area contributed by atoms with Crippen molar-refractivity contribution in [3.05, 3.63) is 46.6 Å². The molecule has 0 bridgehead atoms. The molecule has 4 heteroatoms. The van der Waals surface area contributed by atoms with E-state index in [0.29, 0.717) is 12.3 Å². The second-order valence-corrected chi connectivity index (χ2v) is 6.56. The number of thiazole rings is 1. The van der Waals surface area contributed by atoms with Crippen molar-refractivity contribution in [2.45, 2.75) is 39.5 Å². The number of hydrogen-bond acceptors (Lipinski definition) is 3. The highest BCUT2D eigenvalue weighted by atomic mass is 32.1. The Morgan fingerprint density at radius 2 is 2.00 bits per heavy atom. The predicted octanol–water partition coefficient (Wildman–Crippen LogP) is 4.81. The number of fused-ring (bicyclic) bond motifs is 1. The quantitative estimate of drug-likeness (QED) is 0.693. The van der Waals surface area contributed by atoms with Gasteiger partial charge in [0, 0.05) is 16.6 Å². The molecule has 2 heterocycles. The first-order valence-corrected chi connectivity index (χ1v) is 8.48. The van der Waals surface area contributed by atoms with E-state index < -0.39 is 0 Å². The molecule has 0 atom stereocenters. The Balaban J connectivity index is 2.20. The van der Waals surface area contributed by atoms with Gasteiger partial charge < -0.3 is 0 Å². The molecule has 0 aliphatic rings. The lowest BCUT2D eigenvalue weighted by Crippen LogP contribution is -1.99. The Kier molecular flexibility index (Phi) is 4.00. The molecule has 2 aromatic heterocycles. The van der Waals surface area contributed by atoms with E-state index in [2.05, 4.69) is 60.9 Å². The van der Waals surface area contributed by atoms with Crippen LogP contribution in [0.2, 0.25) is 0 Å². The molecule has 0 unspecified atom stereocenters. The summed E-state index contributed by atoms with van der Waals surface area (Å²) >= 11 is 1.65. The van der Waals surface area contributed by atoms with Gasteiger partial charge in [0.1, 0.15) is 0 Å². The molecule has 0 spiro atoms. The number of hydrogen-bond donors (Lipinski definition) is 0. The number of rotatable bonds is 4. The summed E-state index contributed by atoms with van der Waals surface area (Å²) in [5, 5.41) is 11.4. The number of aromatic nitrogens is 2. The maximum absolute atomic E-state index is 9.23. The van der Waals surface area contributed by atoms with Crippen molar-refractivity contribution in [3.8, 4) is 17.3 Å². The summed E-state index contributed by atoms with van der Waals surface area (Å²) in [6, 6.07) is 10.8. The zero-order valence-electron chi connectivity index (χ0n) is 13.1. The van der Waals surface area contributed by atoms with Crippen LogP contribution >= 0.6 is 11.3 Å². The van der Waals surface area contributed by atoms with Crippen molar-refractivity contribution in [1.29, 1.82) is 5.26 Å². The van der Waals surface area contributed by atoms with Crippen LogP contribution in [0.3, 0.4) is 0 Å². The minimum Gasteiger partial charge on any atom is -0.290 e. The summed E-state index contributed by atoms with van der Waals surface area (Å²) in [5.41, 5.74) is 5.58. The Labute approximate surface area is 134 Å². The lowest BCUT2D eigenvalue weighted by molar-refractivity contribution is 0.799. The molecule has 1 aromatic carbocycles. The second kappa shape index (κ2) is 5.94. The van der Waals surface area contributed by atoms with Crippen LogP contribution in [0.25, 0.3) is 16.2 Å². The normalized spacial score (nSPS) is 11.2. The summed E-state index contributed by atoms with van der Waals surface area (Å²) in [6.45, 7) is 6.50. The fourth-order valence-corrected chi connectivity index (χ4v) is 3.77. The standard InChI is InChI=1S/C18H19N3S/c1-4-13-5-7-14(8-6-13)17-15(9-10-19)21-16(12(2)3)11-22-18(21)20-17/h5-8,11-12H,4,9H2,1-3H3. The van der Waals surface area contributed by atoms with Gasteiger partial charge in [-0.1, -0.05) is 45.0 Å². The van der Waals surface area contributed by atoms with Gasteiger partial charge in [0.25, 0.3) is 0 Å². The van der Waals surface area contributed by atoms with Gasteiger partial charge in [0.05, 0.1) is 23.9 Å². The van der Waals surface area contributed by atoms with Gasteiger partial charge in [-0.2, -0.15) is 5.26 Å². The average molecular weight is 309 g/mol. The minimum absolute atomic E-state index is 0.377. The molecule has 0 aliphatic heterocycles. The van der Waals surface area contributed by atoms with E-state index in [4.69, 9.17) is 4.98 Å². The highest BCUT2D eigenvalue weighted by molar-refractivity contribution is 7.15. The van der Waals surface area contributed by atoms with E-state index in [-0.39, 0.29) is 0 Å². The highest BCUT2D eigenvalue weighted by Crippen LogP contribution is 2.31. The molecule has 0 fully saturated rings. The molecule has 112 valence electrons. The molecule has 0 radical (unpaired) electrons. The fourth-order valence-electron chi connectivity index (χ4n) is 2.70. The van der Waals surface area contributed by atoms with Gasteiger partial charge in [-0.3, -0.25) is 4.40 Å². The smallest absolute Gasteiger partial charge is 0.194 e. The largest absolute Gasteiger partial charge is 0.290 e. The number of aryl methyl sites for hydroxylation is 1. The molecule has 22 heavy (non-hydrogen) atoms. The Hall–Kier alpha value is -2.12. The average Bonchev–Trinajstić information content (AvgIpc) is 3.08. The van der Waals surface area contributed by atoms with Crippen LogP contribution in [0, 0.1) is 11.3 Å². The second-order valence-electron chi connectivity index (χ2n) is 5.73. The molecule has 3 rings (SSSR count). The van der Waals surface area contributed by atoms with Crippen LogP contribution in [-0.4, -0.2) is 9.38 Å². The Morgan fingerprint density at radius 3 is 2.59 bits per heavy atom. The predicted molar refractivity (Wildman–Crippen MR) is 91.3 cm³/mol. The third kappa shape index (κ3) is 2.42. The summed E-state index contributed by atoms with van der Waals surface area (Å²) in [5.74, 6) is 0.413. The third-order valence-electron chi connectivity index (χ3n) is 3.96. The van der Waals surface area contributed by atoms with E-state index in [1.54, 1.807) is 11.3 Å². The van der Waals surface area contributed by atoms with Gasteiger partial charge in [0.2, 0.25) is 0 Å². The van der Waals surface area contributed by atoms with E-state index in [1.165, 1.54) is 11.3 Å². The molecule has 0 aliphatic carbocycles. The molecule has 3 aromatic rings. The topological polar surface area (TPSA) is 41.1 Å². The van der Waals surface area contributed by atoms with Gasteiger partial charge in [-0.05, 0) is 17.9 Å². The first kappa shape index (κ1) is 14.8. The van der Waals surface area contributed by atoms with Crippen LogP contribution in [0.4, 0.5) is 0 Å². The van der Waals surface area contributed by atoms with Crippen LogP contribution in [0.1, 0.15) is 43.6 Å². The Bertz CT molecular complexity index is 832. The molecular weight excluding hydrogens is 290 g/mol. The van der Waals surface area contributed by atoms with Crippen LogP contribution < -0.4 is 0 Å². The summed E-state index contributed by atoms with van der Waals surface area (Å²) in [7, 11) is 0. The van der Waals surface area contributed by atoms with E-state index in [0.717, 1.165) is 28.3 Å². The fraction of sp³-hybridized carbons (Fsp3) is 0.333. The van der Waals surface area contributed by atoms with Gasteiger partial charge in [0.15, 0.2) is 4.96 Å². The third-order valence-corrected chi connectivity index (χ3v) is 4.80. The number of nitriles is 1. The van der Waals surface area contributed by atoms with Crippen molar-refractivity contribution in [3.63, 3.8) is 0 Å². The Morgan fingerprint density at radius 1 is 1.27 bits per heavy atom. The van der Waals surface area contributed by atoms with Crippen molar-refractivity contribution < 1.29 is 0 Å². The van der Waals surface area contributed by atoms with E-state index in [1.807, 2.05) is 0 Å². The number of benzene rings is 1. The first-order valence-electron chi connectivity index (χ1n) is 7.60. The lowest BCUT2D eigenvalue weighted by Gasteiger charge is -2.07. The van der Waals surface area contributed by atoms with Crippen molar-refractivity contribution in [1.82, 2.24) is 9.38 Å². The summed E-state index contributed by atoms with van der Waals surface area (Å²) in [6.07, 6.45) is 1.41. The molecule has 0 amide bonds. The molecule has 0 N–H and O–H groups in total. The van der Waals surface area contributed by atoms with Crippen LogP contribution in [0.5, 0.6) is 0 Å². The molecule has 3 nitrogen and oxygen atoms in total. The maximum Gasteiger partial charge on any atom is 0.194 e. The number of imidazole rings is 1. The number of nitrogens with zero attached hydrogens (tertiary/aromatic N) is 3. The van der Waals surface area contributed by atoms with Crippen LogP contribution in [0.15, 0.2) is 29.6 Å². The van der Waals surface area contributed by atoms with E-state index in [9.17, 15) is 5.26 Å². The maximum atomic E-state index is 9.23. The zero-order chi connectivity index (χ0) is 15.7. The lowest BCUT2D eigenvalue weighted by atomic mass is 10.1. The van der Waals surface area contributed by atoms with Crippen molar-refractivity contribution >= 4 is 16.3 Å². The van der Waals surface area contributed by atoms with Gasteiger partial charge in [-0.15, -0.1) is 11.3 Å². The SMILES string of the molecule is CCc1ccc(-c2nc3scc(C(C)C)n3c2CC#N)cc1. The van der Waals surface area contributed by atoms with Crippen molar-refractivity contribution in [2.24, 2.45) is 0 Å². The molecule has 0 saturated carbocycles. The van der Waals surface area contributed by atoms with Gasteiger partial charge in [-0.25, -0.2) is 4.98 Å². The highest BCUT2D eigenvalue weighted by Gasteiger charge is 2.19. The van der Waals surface area contributed by atoms with Crippen molar-refractivity contribution in [2.75, 3.05) is 0 Å². The minimum atomic E-state index is 0.377. The molecule has 0 saturated heterocycles. The monoisotopic (exact) mass is 309 g/mol. The van der Waals surface area contributed by atoms with Crippen LogP contribution in [-0.2, 0) is 12.8 Å². The molecular formula is C18H19N3S. The van der Waals surface area contributed by atoms with E-state index >= 15 is 0 Å². The summed E-state index contributed by atoms with van der Waals surface area (Å²) < 4.78 is 2.17.